The molecule has 23 heavy (non-hydrogen) atoms. The number of halogens is 1. The van der Waals surface area contributed by atoms with Crippen LogP contribution >= 0.6 is 0 Å². The minimum Gasteiger partial charge on any atom is -0.340 e. The van der Waals surface area contributed by atoms with Crippen molar-refractivity contribution in [2.45, 2.75) is 19.8 Å². The van der Waals surface area contributed by atoms with E-state index in [1.165, 1.54) is 0 Å². The minimum atomic E-state index is -0.467. The highest BCUT2D eigenvalue weighted by Crippen LogP contribution is 2.21. The Hall–Kier alpha value is -2.57. The first-order valence-corrected chi connectivity index (χ1v) is 7.59. The summed E-state index contributed by atoms with van der Waals surface area (Å²) in [4.78, 5) is 26.6. The molecule has 6 nitrogen and oxygen atoms in total. The lowest BCUT2D eigenvalue weighted by atomic mass is 9.97. The van der Waals surface area contributed by atoms with Gasteiger partial charge in [-0.3, -0.25) is 4.79 Å². The van der Waals surface area contributed by atoms with Crippen LogP contribution in [-0.2, 0) is 4.79 Å². The molecule has 3 heterocycles. The van der Waals surface area contributed by atoms with E-state index in [4.69, 9.17) is 0 Å². The summed E-state index contributed by atoms with van der Waals surface area (Å²) in [6.07, 6.45) is 3.95. The van der Waals surface area contributed by atoms with Crippen molar-refractivity contribution in [2.24, 2.45) is 5.92 Å². The number of carbonyl (C=O) groups is 1. The fourth-order valence-corrected chi connectivity index (χ4v) is 2.68. The Bertz CT molecular complexity index is 691. The van der Waals surface area contributed by atoms with E-state index in [1.54, 1.807) is 6.07 Å². The first-order chi connectivity index (χ1) is 11.1. The zero-order chi connectivity index (χ0) is 16.2. The number of nitrogens with zero attached hydrogens (tertiary/aromatic N) is 4. The Labute approximate surface area is 133 Å². The van der Waals surface area contributed by atoms with Gasteiger partial charge in [0.1, 0.15) is 5.82 Å². The fourth-order valence-electron chi connectivity index (χ4n) is 2.68. The number of aromatic nitrogens is 3. The molecule has 0 saturated carbocycles. The van der Waals surface area contributed by atoms with Gasteiger partial charge in [0.15, 0.2) is 5.82 Å². The van der Waals surface area contributed by atoms with E-state index in [-0.39, 0.29) is 11.8 Å². The highest BCUT2D eigenvalue weighted by atomic mass is 19.1. The molecule has 1 saturated heterocycles. The highest BCUT2D eigenvalue weighted by Gasteiger charge is 2.27. The summed E-state index contributed by atoms with van der Waals surface area (Å²) < 4.78 is 12.9. The van der Waals surface area contributed by atoms with Crippen molar-refractivity contribution >= 4 is 17.7 Å². The van der Waals surface area contributed by atoms with E-state index in [0.717, 1.165) is 37.5 Å². The predicted molar refractivity (Wildman–Crippen MR) is 84.5 cm³/mol. The average Bonchev–Trinajstić information content (AvgIpc) is 2.56. The van der Waals surface area contributed by atoms with Crippen LogP contribution in [0.1, 0.15) is 18.5 Å². The molecule has 2 aromatic heterocycles. The van der Waals surface area contributed by atoms with Gasteiger partial charge in [0.05, 0.1) is 18.3 Å². The molecule has 1 atom stereocenters. The maximum Gasteiger partial charge on any atom is 0.230 e. The molecule has 3 rings (SSSR count). The maximum atomic E-state index is 12.9. The topological polar surface area (TPSA) is 71.0 Å². The lowest BCUT2D eigenvalue weighted by Crippen LogP contribution is -2.41. The van der Waals surface area contributed by atoms with Crippen molar-refractivity contribution in [1.82, 2.24) is 15.0 Å². The molecule has 0 aliphatic carbocycles. The van der Waals surface area contributed by atoms with Crippen molar-refractivity contribution in [2.75, 3.05) is 23.3 Å². The van der Waals surface area contributed by atoms with Crippen molar-refractivity contribution in [3.05, 3.63) is 42.1 Å². The van der Waals surface area contributed by atoms with E-state index in [9.17, 15) is 9.18 Å². The van der Waals surface area contributed by atoms with Crippen molar-refractivity contribution in [3.63, 3.8) is 0 Å². The SMILES string of the molecule is Cc1cccc(NC(=O)C2CCCN(c3ncc(F)cn3)C2)n1. The molecule has 7 heteroatoms. The summed E-state index contributed by atoms with van der Waals surface area (Å²) >= 11 is 0. The standard InChI is InChI=1S/C16H18FN5O/c1-11-4-2-6-14(20-11)21-15(23)12-5-3-7-22(10-12)16-18-8-13(17)9-19-16/h2,4,6,8-9,12H,3,5,7,10H2,1H3,(H,20,21,23). The quantitative estimate of drug-likeness (QED) is 0.940. The third kappa shape index (κ3) is 3.80. The first kappa shape index (κ1) is 15.3. The lowest BCUT2D eigenvalue weighted by molar-refractivity contribution is -0.120. The molecule has 0 bridgehead atoms. The second-order valence-electron chi connectivity index (χ2n) is 5.64. The molecule has 1 N–H and O–H groups in total. The number of nitrogens with one attached hydrogen (secondary N) is 1. The van der Waals surface area contributed by atoms with Crippen LogP contribution in [0.5, 0.6) is 0 Å². The van der Waals surface area contributed by atoms with Crippen molar-refractivity contribution < 1.29 is 9.18 Å². The number of hydrogen-bond acceptors (Lipinski definition) is 5. The predicted octanol–water partition coefficient (Wildman–Crippen LogP) is 2.17. The number of rotatable bonds is 3. The number of anilines is 2. The van der Waals surface area contributed by atoms with Gasteiger partial charge in [0.25, 0.3) is 0 Å². The molecule has 120 valence electrons. The van der Waals surface area contributed by atoms with Gasteiger partial charge in [0, 0.05) is 18.8 Å². The van der Waals surface area contributed by atoms with Crippen LogP contribution in [0.15, 0.2) is 30.6 Å². The summed E-state index contributed by atoms with van der Waals surface area (Å²) in [5.41, 5.74) is 0.854. The highest BCUT2D eigenvalue weighted by molar-refractivity contribution is 5.92. The van der Waals surface area contributed by atoms with Crippen LogP contribution in [0.4, 0.5) is 16.2 Å². The number of carbonyl (C=O) groups excluding carboxylic acids is 1. The van der Waals surface area contributed by atoms with E-state index in [2.05, 4.69) is 20.3 Å². The Balaban J connectivity index is 1.65. The third-order valence-corrected chi connectivity index (χ3v) is 3.82. The number of amides is 1. The minimum absolute atomic E-state index is 0.0603. The van der Waals surface area contributed by atoms with Gasteiger partial charge in [-0.1, -0.05) is 6.07 Å². The van der Waals surface area contributed by atoms with Crippen LogP contribution < -0.4 is 10.2 Å². The number of aryl methyl sites for hydroxylation is 1. The molecular formula is C16H18FN5O. The van der Waals surface area contributed by atoms with Crippen LogP contribution in [0, 0.1) is 18.7 Å². The van der Waals surface area contributed by atoms with Gasteiger partial charge >= 0.3 is 0 Å². The molecule has 1 fully saturated rings. The first-order valence-electron chi connectivity index (χ1n) is 7.59. The lowest BCUT2D eigenvalue weighted by Gasteiger charge is -2.31. The van der Waals surface area contributed by atoms with Crippen molar-refractivity contribution in [3.8, 4) is 0 Å². The molecule has 1 aliphatic rings. The van der Waals surface area contributed by atoms with E-state index >= 15 is 0 Å². The number of pyridine rings is 1. The van der Waals surface area contributed by atoms with Gasteiger partial charge in [-0.05, 0) is 31.9 Å². The molecule has 1 amide bonds. The van der Waals surface area contributed by atoms with Gasteiger partial charge < -0.3 is 10.2 Å². The van der Waals surface area contributed by atoms with Gasteiger partial charge in [-0.2, -0.15) is 0 Å². The Morgan fingerprint density at radius 1 is 1.35 bits per heavy atom. The molecule has 0 aromatic carbocycles. The van der Waals surface area contributed by atoms with E-state index < -0.39 is 5.82 Å². The van der Waals surface area contributed by atoms with Gasteiger partial charge in [-0.15, -0.1) is 0 Å². The third-order valence-electron chi connectivity index (χ3n) is 3.82. The van der Waals surface area contributed by atoms with Crippen LogP contribution in [0.2, 0.25) is 0 Å². The number of piperidine rings is 1. The normalized spacial score (nSPS) is 17.8. The fraction of sp³-hybridized carbons (Fsp3) is 0.375. The summed E-state index contributed by atoms with van der Waals surface area (Å²) in [7, 11) is 0. The smallest absolute Gasteiger partial charge is 0.230 e. The Kier molecular flexibility index (Phi) is 4.45. The molecule has 0 spiro atoms. The largest absolute Gasteiger partial charge is 0.340 e. The summed E-state index contributed by atoms with van der Waals surface area (Å²) in [6.45, 7) is 3.16. The van der Waals surface area contributed by atoms with E-state index in [0.29, 0.717) is 18.3 Å². The molecule has 0 radical (unpaired) electrons. The van der Waals surface area contributed by atoms with Crippen LogP contribution in [-0.4, -0.2) is 33.9 Å². The second kappa shape index (κ2) is 6.68. The zero-order valence-electron chi connectivity index (χ0n) is 12.9. The van der Waals surface area contributed by atoms with Gasteiger partial charge in [0.2, 0.25) is 11.9 Å². The Morgan fingerprint density at radius 3 is 2.87 bits per heavy atom. The number of hydrogen-bond donors (Lipinski definition) is 1. The van der Waals surface area contributed by atoms with E-state index in [1.807, 2.05) is 24.0 Å². The second-order valence-corrected chi connectivity index (χ2v) is 5.64. The monoisotopic (exact) mass is 315 g/mol. The van der Waals surface area contributed by atoms with Gasteiger partial charge in [-0.25, -0.2) is 19.3 Å². The Morgan fingerprint density at radius 2 is 2.13 bits per heavy atom. The van der Waals surface area contributed by atoms with Crippen molar-refractivity contribution in [1.29, 1.82) is 0 Å². The molecule has 1 unspecified atom stereocenters. The molecule has 2 aromatic rings. The van der Waals surface area contributed by atoms with Crippen LogP contribution in [0.3, 0.4) is 0 Å². The summed E-state index contributed by atoms with van der Waals surface area (Å²) in [5, 5.41) is 2.86. The molecular weight excluding hydrogens is 297 g/mol. The van der Waals surface area contributed by atoms with Crippen LogP contribution in [0.25, 0.3) is 0 Å². The molecule has 1 aliphatic heterocycles. The summed E-state index contributed by atoms with van der Waals surface area (Å²) in [5.74, 6) is 0.322. The average molecular weight is 315 g/mol. The zero-order valence-corrected chi connectivity index (χ0v) is 12.9. The summed E-state index contributed by atoms with van der Waals surface area (Å²) in [6, 6.07) is 5.51. The maximum absolute atomic E-state index is 12.9.